The SMILES string of the molecule is C=CCOC(=O)[C@@H]1[C@@H]2C=C[C@]3(O2)[C@H](C(=O)N(CC=C)Cc2ccccc2)N(c2cccc(Cl)c2CO)C(=O)[C@@H]13. The first kappa shape index (κ1) is 26.9. The minimum Gasteiger partial charge on any atom is -0.461 e. The van der Waals surface area contributed by atoms with Crippen LogP contribution in [-0.2, 0) is 37.0 Å². The number of esters is 1. The molecule has 0 aromatic heterocycles. The Hall–Kier alpha value is -3.72. The van der Waals surface area contributed by atoms with E-state index in [1.54, 1.807) is 41.3 Å². The molecule has 1 spiro atoms. The number of carbonyl (C=O) groups excluding carboxylic acids is 3. The Morgan fingerprint density at radius 1 is 1.15 bits per heavy atom. The second-order valence-corrected chi connectivity index (χ2v) is 10.1. The van der Waals surface area contributed by atoms with E-state index in [1.807, 2.05) is 30.3 Å². The molecule has 8 nitrogen and oxygen atoms in total. The summed E-state index contributed by atoms with van der Waals surface area (Å²) in [5.41, 5.74) is 0.0647. The molecule has 2 aromatic rings. The van der Waals surface area contributed by atoms with E-state index in [2.05, 4.69) is 13.2 Å². The number of aliphatic hydroxyl groups is 1. The molecular weight excluding hydrogens is 520 g/mol. The summed E-state index contributed by atoms with van der Waals surface area (Å²) in [4.78, 5) is 44.8. The van der Waals surface area contributed by atoms with Gasteiger partial charge in [-0.1, -0.05) is 78.9 Å². The second kappa shape index (κ2) is 10.8. The van der Waals surface area contributed by atoms with Crippen LogP contribution in [0.5, 0.6) is 0 Å². The highest BCUT2D eigenvalue weighted by molar-refractivity contribution is 6.32. The first-order valence-electron chi connectivity index (χ1n) is 12.7. The summed E-state index contributed by atoms with van der Waals surface area (Å²) in [7, 11) is 0. The Balaban J connectivity index is 1.63. The number of anilines is 1. The lowest BCUT2D eigenvalue weighted by Crippen LogP contribution is -2.56. The van der Waals surface area contributed by atoms with E-state index >= 15 is 0 Å². The second-order valence-electron chi connectivity index (χ2n) is 9.72. The molecular formula is C30H29ClN2O6. The lowest BCUT2D eigenvalue weighted by atomic mass is 9.74. The average molecular weight is 549 g/mol. The van der Waals surface area contributed by atoms with Crippen molar-refractivity contribution in [3.8, 4) is 0 Å². The van der Waals surface area contributed by atoms with Gasteiger partial charge >= 0.3 is 5.97 Å². The quantitative estimate of drug-likeness (QED) is 0.361. The highest BCUT2D eigenvalue weighted by Crippen LogP contribution is 2.57. The minimum atomic E-state index is -1.41. The van der Waals surface area contributed by atoms with Crippen molar-refractivity contribution >= 4 is 35.1 Å². The molecule has 202 valence electrons. The highest BCUT2D eigenvalue weighted by Gasteiger charge is 2.74. The van der Waals surface area contributed by atoms with Gasteiger partial charge in [-0.05, 0) is 17.7 Å². The van der Waals surface area contributed by atoms with Gasteiger partial charge in [0.2, 0.25) is 11.8 Å². The van der Waals surface area contributed by atoms with E-state index in [4.69, 9.17) is 21.1 Å². The standard InChI is InChI=1S/C30H29ClN2O6/c1-3-15-32(17-19-9-6-5-7-10-19)28(36)26-30-14-13-23(39-30)24(29(37)38-16-4-2)25(30)27(35)33(26)22-12-8-11-21(31)20(22)18-34/h3-14,23-26,34H,1-2,15-18H2/t23-,24+,25+,26-,30+/m0/s1. The molecule has 1 N–H and O–H groups in total. The molecule has 3 heterocycles. The number of fused-ring (bicyclic) bond motifs is 1. The van der Waals surface area contributed by atoms with E-state index < -0.39 is 48.1 Å². The van der Waals surface area contributed by atoms with Gasteiger partial charge in [0.05, 0.1) is 24.3 Å². The van der Waals surface area contributed by atoms with Gasteiger partial charge in [-0.15, -0.1) is 6.58 Å². The van der Waals surface area contributed by atoms with Gasteiger partial charge in [-0.3, -0.25) is 19.3 Å². The van der Waals surface area contributed by atoms with E-state index in [0.717, 1.165) is 5.56 Å². The van der Waals surface area contributed by atoms with Gasteiger partial charge in [-0.2, -0.15) is 0 Å². The van der Waals surface area contributed by atoms with Crippen molar-refractivity contribution in [1.29, 1.82) is 0 Å². The van der Waals surface area contributed by atoms with E-state index in [9.17, 15) is 19.5 Å². The lowest BCUT2D eigenvalue weighted by Gasteiger charge is -2.36. The van der Waals surface area contributed by atoms with Gasteiger partial charge in [0, 0.05) is 23.7 Å². The first-order valence-corrected chi connectivity index (χ1v) is 13.0. The zero-order chi connectivity index (χ0) is 27.7. The van der Waals surface area contributed by atoms with E-state index in [-0.39, 0.29) is 36.3 Å². The molecule has 3 aliphatic rings. The Labute approximate surface area is 231 Å². The van der Waals surface area contributed by atoms with Crippen LogP contribution >= 0.6 is 11.6 Å². The zero-order valence-corrected chi connectivity index (χ0v) is 22.0. The fourth-order valence-corrected chi connectivity index (χ4v) is 6.14. The lowest BCUT2D eigenvalue weighted by molar-refractivity contribution is -0.151. The normalized spacial score (nSPS) is 26.4. The van der Waals surface area contributed by atoms with Crippen molar-refractivity contribution in [3.63, 3.8) is 0 Å². The van der Waals surface area contributed by atoms with Crippen LogP contribution in [0.1, 0.15) is 11.1 Å². The maximum absolute atomic E-state index is 14.5. The Kier molecular flexibility index (Phi) is 7.44. The van der Waals surface area contributed by atoms with Crippen molar-refractivity contribution in [3.05, 3.63) is 102 Å². The maximum atomic E-state index is 14.5. The molecule has 0 saturated carbocycles. The number of nitrogens with zero attached hydrogens (tertiary/aromatic N) is 2. The summed E-state index contributed by atoms with van der Waals surface area (Å²) < 4.78 is 11.7. The summed E-state index contributed by atoms with van der Waals surface area (Å²) in [6, 6.07) is 13.2. The number of rotatable bonds is 10. The number of aliphatic hydroxyl groups excluding tert-OH is 1. The molecule has 0 radical (unpaired) electrons. The number of hydrogen-bond donors (Lipinski definition) is 1. The van der Waals surface area contributed by atoms with Crippen LogP contribution < -0.4 is 4.90 Å². The van der Waals surface area contributed by atoms with Crippen molar-refractivity contribution in [1.82, 2.24) is 4.90 Å². The molecule has 5 rings (SSSR count). The Bertz CT molecular complexity index is 1340. The molecule has 9 heteroatoms. The first-order chi connectivity index (χ1) is 18.9. The van der Waals surface area contributed by atoms with Crippen LogP contribution in [0.4, 0.5) is 5.69 Å². The van der Waals surface area contributed by atoms with Crippen LogP contribution in [0, 0.1) is 11.8 Å². The Morgan fingerprint density at radius 2 is 1.92 bits per heavy atom. The molecule has 2 bridgehead atoms. The summed E-state index contributed by atoms with van der Waals surface area (Å²) in [6.07, 6.45) is 5.79. The van der Waals surface area contributed by atoms with Crippen LogP contribution in [0.3, 0.4) is 0 Å². The van der Waals surface area contributed by atoms with E-state index in [0.29, 0.717) is 5.56 Å². The van der Waals surface area contributed by atoms with Gasteiger partial charge < -0.3 is 19.5 Å². The summed E-state index contributed by atoms with van der Waals surface area (Å²) in [6.45, 7) is 7.41. The molecule has 5 atom stereocenters. The number of hydrogen-bond acceptors (Lipinski definition) is 6. The summed E-state index contributed by atoms with van der Waals surface area (Å²) in [5, 5.41) is 10.4. The minimum absolute atomic E-state index is 0.0150. The van der Waals surface area contributed by atoms with Crippen LogP contribution in [0.25, 0.3) is 0 Å². The Morgan fingerprint density at radius 3 is 2.62 bits per heavy atom. The third-order valence-corrected chi connectivity index (χ3v) is 7.87. The molecule has 3 aliphatic heterocycles. The largest absolute Gasteiger partial charge is 0.461 e. The topological polar surface area (TPSA) is 96.4 Å². The zero-order valence-electron chi connectivity index (χ0n) is 21.2. The molecule has 2 aromatic carbocycles. The third-order valence-electron chi connectivity index (χ3n) is 7.51. The molecule has 0 aliphatic carbocycles. The summed E-state index contributed by atoms with van der Waals surface area (Å²) >= 11 is 6.40. The molecule has 2 fully saturated rings. The fourth-order valence-electron chi connectivity index (χ4n) is 5.91. The summed E-state index contributed by atoms with van der Waals surface area (Å²) in [5.74, 6) is -3.41. The van der Waals surface area contributed by atoms with E-state index in [1.165, 1.54) is 11.0 Å². The smallest absolute Gasteiger partial charge is 0.313 e. The van der Waals surface area contributed by atoms with Crippen LogP contribution in [0.15, 0.2) is 86.0 Å². The van der Waals surface area contributed by atoms with Gasteiger partial charge in [0.1, 0.15) is 24.2 Å². The number of halogens is 1. The van der Waals surface area contributed by atoms with Gasteiger partial charge in [0.25, 0.3) is 0 Å². The monoisotopic (exact) mass is 548 g/mol. The predicted octanol–water partition coefficient (Wildman–Crippen LogP) is 3.43. The number of carbonyl (C=O) groups is 3. The highest BCUT2D eigenvalue weighted by atomic mass is 35.5. The van der Waals surface area contributed by atoms with Crippen molar-refractivity contribution < 1.29 is 29.0 Å². The van der Waals surface area contributed by atoms with Gasteiger partial charge in [-0.25, -0.2) is 0 Å². The maximum Gasteiger partial charge on any atom is 0.313 e. The number of ether oxygens (including phenoxy) is 2. The average Bonchev–Trinajstić information content (AvgIpc) is 3.59. The number of benzene rings is 2. The fraction of sp³-hybridized carbons (Fsp3) is 0.300. The van der Waals surface area contributed by atoms with Crippen molar-refractivity contribution in [2.75, 3.05) is 18.1 Å². The third kappa shape index (κ3) is 4.38. The van der Waals surface area contributed by atoms with Gasteiger partial charge in [0.15, 0.2) is 0 Å². The predicted molar refractivity (Wildman–Crippen MR) is 146 cm³/mol. The molecule has 0 unspecified atom stereocenters. The molecule has 2 saturated heterocycles. The molecule has 39 heavy (non-hydrogen) atoms. The van der Waals surface area contributed by atoms with Crippen LogP contribution in [-0.4, -0.2) is 58.7 Å². The number of amides is 2. The van der Waals surface area contributed by atoms with Crippen LogP contribution in [0.2, 0.25) is 5.02 Å². The van der Waals surface area contributed by atoms with Crippen molar-refractivity contribution in [2.45, 2.75) is 30.9 Å². The molecule has 2 amide bonds. The van der Waals surface area contributed by atoms with Crippen molar-refractivity contribution in [2.24, 2.45) is 11.8 Å².